The number of unbranched alkanes of at least 4 members (excludes halogenated alkanes) is 7. The van der Waals surface area contributed by atoms with Gasteiger partial charge in [-0.25, -0.2) is 0 Å². The monoisotopic (exact) mass is 325 g/mol. The highest BCUT2D eigenvalue weighted by Gasteiger charge is 1.97. The van der Waals surface area contributed by atoms with E-state index in [1.807, 2.05) is 0 Å². The molecule has 2 heteroatoms. The summed E-state index contributed by atoms with van der Waals surface area (Å²) in [5, 5.41) is 3.52. The van der Waals surface area contributed by atoms with Crippen molar-refractivity contribution in [1.29, 1.82) is 0 Å². The number of benzene rings is 1. The van der Waals surface area contributed by atoms with Crippen molar-refractivity contribution in [2.45, 2.75) is 64.8 Å². The topological polar surface area (TPSA) is 12.0 Å². The minimum absolute atomic E-state index is 0.970. The fourth-order valence-corrected chi connectivity index (χ4v) is 2.67. The summed E-state index contributed by atoms with van der Waals surface area (Å²) in [6.45, 7) is 4.38. The predicted molar refractivity (Wildman–Crippen MR) is 88.5 cm³/mol. The summed E-state index contributed by atoms with van der Waals surface area (Å²) in [5.74, 6) is 0. The molecule has 1 rings (SSSR count). The molecule has 0 aromatic heterocycles. The molecule has 108 valence electrons. The maximum absolute atomic E-state index is 3.58. The molecule has 0 radical (unpaired) electrons. The van der Waals surface area contributed by atoms with Gasteiger partial charge in [0.15, 0.2) is 0 Å². The molecule has 0 aliphatic carbocycles. The summed E-state index contributed by atoms with van der Waals surface area (Å²) in [6, 6.07) is 8.43. The first kappa shape index (κ1) is 16.7. The van der Waals surface area contributed by atoms with Crippen molar-refractivity contribution in [3.63, 3.8) is 0 Å². The van der Waals surface area contributed by atoms with Gasteiger partial charge in [-0.05, 0) is 24.6 Å². The van der Waals surface area contributed by atoms with Gasteiger partial charge < -0.3 is 5.32 Å². The van der Waals surface area contributed by atoms with Gasteiger partial charge in [-0.2, -0.15) is 0 Å². The van der Waals surface area contributed by atoms with Crippen LogP contribution in [0.3, 0.4) is 0 Å². The molecule has 0 saturated carbocycles. The molecule has 0 amide bonds. The molecule has 0 heterocycles. The predicted octanol–water partition coefficient (Wildman–Crippen LogP) is 5.68. The third kappa shape index (κ3) is 8.43. The van der Waals surface area contributed by atoms with Crippen LogP contribution in [0, 0.1) is 0 Å². The average molecular weight is 326 g/mol. The lowest BCUT2D eigenvalue weighted by Crippen LogP contribution is -2.14. The van der Waals surface area contributed by atoms with E-state index in [9.17, 15) is 0 Å². The van der Waals surface area contributed by atoms with Crippen molar-refractivity contribution < 1.29 is 0 Å². The lowest BCUT2D eigenvalue weighted by Gasteiger charge is -2.06. The van der Waals surface area contributed by atoms with Crippen LogP contribution in [0.5, 0.6) is 0 Å². The number of hydrogen-bond acceptors (Lipinski definition) is 1. The molecule has 0 fully saturated rings. The average Bonchev–Trinajstić information content (AvgIpc) is 2.43. The van der Waals surface area contributed by atoms with Crippen LogP contribution >= 0.6 is 15.9 Å². The Bertz CT molecular complexity index is 325. The van der Waals surface area contributed by atoms with Crippen molar-refractivity contribution in [2.75, 3.05) is 6.54 Å². The van der Waals surface area contributed by atoms with Gasteiger partial charge in [0.1, 0.15) is 0 Å². The van der Waals surface area contributed by atoms with Gasteiger partial charge in [0.2, 0.25) is 0 Å². The van der Waals surface area contributed by atoms with Crippen LogP contribution in [-0.4, -0.2) is 6.54 Å². The van der Waals surface area contributed by atoms with Gasteiger partial charge >= 0.3 is 0 Å². The molecule has 1 aromatic rings. The minimum Gasteiger partial charge on any atom is -0.313 e. The van der Waals surface area contributed by atoms with E-state index in [2.05, 4.69) is 52.4 Å². The zero-order chi connectivity index (χ0) is 13.8. The summed E-state index contributed by atoms with van der Waals surface area (Å²) in [6.07, 6.45) is 11.1. The Morgan fingerprint density at radius 3 is 2.21 bits per heavy atom. The third-order valence-corrected chi connectivity index (χ3v) is 4.25. The van der Waals surface area contributed by atoms with E-state index < -0.39 is 0 Å². The molecule has 0 bridgehead atoms. The van der Waals surface area contributed by atoms with Crippen molar-refractivity contribution in [1.82, 2.24) is 5.32 Å². The van der Waals surface area contributed by atoms with Gasteiger partial charge in [0.25, 0.3) is 0 Å². The standard InChI is InChI=1S/C17H28BrN/c1-2-3-4-5-6-7-8-11-14-19-15-16-12-9-10-13-17(16)18/h9-10,12-13,19H,2-8,11,14-15H2,1H3. The van der Waals surface area contributed by atoms with Crippen LogP contribution in [0.2, 0.25) is 0 Å². The maximum Gasteiger partial charge on any atom is 0.0220 e. The molecule has 0 unspecified atom stereocenters. The molecular weight excluding hydrogens is 298 g/mol. The third-order valence-electron chi connectivity index (χ3n) is 3.48. The Morgan fingerprint density at radius 2 is 1.53 bits per heavy atom. The normalized spacial score (nSPS) is 10.8. The van der Waals surface area contributed by atoms with Crippen LogP contribution in [0.25, 0.3) is 0 Å². The zero-order valence-corrected chi connectivity index (χ0v) is 13.8. The van der Waals surface area contributed by atoms with Crippen molar-refractivity contribution in [3.8, 4) is 0 Å². The second kappa shape index (κ2) is 11.5. The molecule has 0 spiro atoms. The van der Waals surface area contributed by atoms with Crippen molar-refractivity contribution in [2.24, 2.45) is 0 Å². The van der Waals surface area contributed by atoms with Crippen LogP contribution in [0.1, 0.15) is 63.9 Å². The lowest BCUT2D eigenvalue weighted by atomic mass is 10.1. The Balaban J connectivity index is 1.90. The molecule has 1 aromatic carbocycles. The van der Waals surface area contributed by atoms with Gasteiger partial charge in [0, 0.05) is 11.0 Å². The van der Waals surface area contributed by atoms with E-state index in [1.54, 1.807) is 0 Å². The lowest BCUT2D eigenvalue weighted by molar-refractivity contribution is 0.555. The largest absolute Gasteiger partial charge is 0.313 e. The van der Waals surface area contributed by atoms with Crippen LogP contribution < -0.4 is 5.32 Å². The summed E-state index contributed by atoms with van der Waals surface area (Å²) in [7, 11) is 0. The summed E-state index contributed by atoms with van der Waals surface area (Å²) >= 11 is 3.58. The van der Waals surface area contributed by atoms with Gasteiger partial charge in [0.05, 0.1) is 0 Å². The highest BCUT2D eigenvalue weighted by atomic mass is 79.9. The molecule has 0 saturated heterocycles. The Morgan fingerprint density at radius 1 is 0.895 bits per heavy atom. The number of rotatable bonds is 11. The first-order valence-electron chi connectivity index (χ1n) is 7.78. The van der Waals surface area contributed by atoms with E-state index >= 15 is 0 Å². The van der Waals surface area contributed by atoms with Gasteiger partial charge in [-0.3, -0.25) is 0 Å². The van der Waals surface area contributed by atoms with E-state index in [0.29, 0.717) is 0 Å². The molecule has 0 aliphatic rings. The maximum atomic E-state index is 3.58. The van der Waals surface area contributed by atoms with Crippen molar-refractivity contribution >= 4 is 15.9 Å². The van der Waals surface area contributed by atoms with E-state index in [0.717, 1.165) is 13.1 Å². The highest BCUT2D eigenvalue weighted by Crippen LogP contribution is 2.15. The van der Waals surface area contributed by atoms with Crippen molar-refractivity contribution in [3.05, 3.63) is 34.3 Å². The fraction of sp³-hybridized carbons (Fsp3) is 0.647. The molecule has 0 aliphatic heterocycles. The number of halogens is 1. The first-order chi connectivity index (χ1) is 9.34. The second-order valence-corrected chi connectivity index (χ2v) is 6.10. The van der Waals surface area contributed by atoms with Crippen LogP contribution in [0.4, 0.5) is 0 Å². The molecule has 19 heavy (non-hydrogen) atoms. The zero-order valence-electron chi connectivity index (χ0n) is 12.3. The van der Waals surface area contributed by atoms with Crippen LogP contribution in [-0.2, 0) is 6.54 Å². The summed E-state index contributed by atoms with van der Waals surface area (Å²) in [4.78, 5) is 0. The SMILES string of the molecule is CCCCCCCCCCNCc1ccccc1Br. The molecule has 1 nitrogen and oxygen atoms in total. The highest BCUT2D eigenvalue weighted by molar-refractivity contribution is 9.10. The van der Waals surface area contributed by atoms with E-state index in [-0.39, 0.29) is 0 Å². The van der Waals surface area contributed by atoms with E-state index in [1.165, 1.54) is 61.4 Å². The van der Waals surface area contributed by atoms with Gasteiger partial charge in [-0.1, -0.05) is 86.0 Å². The Hall–Kier alpha value is -0.340. The first-order valence-corrected chi connectivity index (χ1v) is 8.58. The minimum atomic E-state index is 0.970. The van der Waals surface area contributed by atoms with E-state index in [4.69, 9.17) is 0 Å². The second-order valence-electron chi connectivity index (χ2n) is 5.24. The Labute approximate surface area is 127 Å². The molecule has 0 atom stereocenters. The number of hydrogen-bond donors (Lipinski definition) is 1. The van der Waals surface area contributed by atoms with Crippen LogP contribution in [0.15, 0.2) is 28.7 Å². The summed E-state index contributed by atoms with van der Waals surface area (Å²) in [5.41, 5.74) is 1.35. The fourth-order valence-electron chi connectivity index (χ4n) is 2.25. The molecule has 1 N–H and O–H groups in total. The number of nitrogens with one attached hydrogen (secondary N) is 1. The Kier molecular flexibility index (Phi) is 10.1. The smallest absolute Gasteiger partial charge is 0.0220 e. The summed E-state index contributed by atoms with van der Waals surface area (Å²) < 4.78 is 1.21. The quantitative estimate of drug-likeness (QED) is 0.516. The van der Waals surface area contributed by atoms with Gasteiger partial charge in [-0.15, -0.1) is 0 Å². The molecular formula is C17H28BrN.